The number of rotatable bonds is 7. The highest BCUT2D eigenvalue weighted by Crippen LogP contribution is 2.26. The monoisotopic (exact) mass is 470 g/mol. The largest absolute Gasteiger partial charge is 0.341 e. The average Bonchev–Trinajstić information content (AvgIpc) is 2.88. The van der Waals surface area contributed by atoms with Crippen molar-refractivity contribution in [2.24, 2.45) is 0 Å². The summed E-state index contributed by atoms with van der Waals surface area (Å²) in [6, 6.07) is 32.3. The maximum absolute atomic E-state index is 13.2. The number of nitrogens with one attached hydrogen (secondary N) is 1. The number of sulfonamides is 1. The van der Waals surface area contributed by atoms with E-state index < -0.39 is 10.0 Å². The molecule has 0 spiro atoms. The van der Waals surface area contributed by atoms with Gasteiger partial charge in [0.05, 0.1) is 16.6 Å². The van der Waals surface area contributed by atoms with Gasteiger partial charge in [-0.3, -0.25) is 9.10 Å². The molecule has 0 radical (unpaired) electrons. The Labute approximate surface area is 200 Å². The molecule has 0 saturated heterocycles. The fourth-order valence-corrected chi connectivity index (χ4v) is 5.04. The fraction of sp³-hybridized carbons (Fsp3) is 0.107. The van der Waals surface area contributed by atoms with E-state index in [1.807, 2.05) is 61.5 Å². The van der Waals surface area contributed by atoms with Crippen LogP contribution in [0, 0.1) is 6.92 Å². The average molecular weight is 471 g/mol. The van der Waals surface area contributed by atoms with Crippen LogP contribution in [-0.2, 0) is 10.0 Å². The molecule has 0 saturated carbocycles. The number of anilines is 1. The first-order valence-electron chi connectivity index (χ1n) is 10.9. The van der Waals surface area contributed by atoms with Crippen LogP contribution in [0.2, 0.25) is 0 Å². The van der Waals surface area contributed by atoms with Gasteiger partial charge in [-0.05, 0) is 60.0 Å². The molecule has 0 aliphatic rings. The summed E-state index contributed by atoms with van der Waals surface area (Å²) < 4.78 is 27.0. The number of hydrogen-bond acceptors (Lipinski definition) is 3. The second-order valence-electron chi connectivity index (χ2n) is 8.01. The molecule has 4 aromatic rings. The van der Waals surface area contributed by atoms with E-state index in [0.717, 1.165) is 16.7 Å². The Morgan fingerprint density at radius 1 is 0.765 bits per heavy atom. The number of benzene rings is 4. The molecule has 0 unspecified atom stereocenters. The molecule has 0 aliphatic heterocycles. The number of amides is 1. The molecule has 1 N–H and O–H groups in total. The molecule has 34 heavy (non-hydrogen) atoms. The number of aryl methyl sites for hydroxylation is 1. The van der Waals surface area contributed by atoms with Crippen molar-refractivity contribution < 1.29 is 13.2 Å². The Morgan fingerprint density at radius 2 is 1.32 bits per heavy atom. The topological polar surface area (TPSA) is 66.5 Å². The Hall–Kier alpha value is -3.90. The molecule has 1 atom stereocenters. The van der Waals surface area contributed by atoms with E-state index >= 15 is 0 Å². The fourth-order valence-electron chi connectivity index (χ4n) is 3.82. The molecular formula is C28H26N2O3S. The second kappa shape index (κ2) is 9.93. The van der Waals surface area contributed by atoms with Crippen LogP contribution in [0.4, 0.5) is 5.69 Å². The summed E-state index contributed by atoms with van der Waals surface area (Å²) in [6.45, 7) is 2.02. The Bertz CT molecular complexity index is 1370. The lowest BCUT2D eigenvalue weighted by atomic mass is 9.94. The van der Waals surface area contributed by atoms with Crippen molar-refractivity contribution in [2.75, 3.05) is 11.4 Å². The first-order valence-corrected chi connectivity index (χ1v) is 12.4. The molecule has 6 heteroatoms. The molecule has 4 rings (SSSR count). The zero-order chi connectivity index (χ0) is 24.1. The van der Waals surface area contributed by atoms with E-state index in [-0.39, 0.29) is 16.8 Å². The van der Waals surface area contributed by atoms with Gasteiger partial charge in [-0.25, -0.2) is 8.42 Å². The van der Waals surface area contributed by atoms with E-state index in [2.05, 4.69) is 5.32 Å². The van der Waals surface area contributed by atoms with E-state index in [9.17, 15) is 13.2 Å². The second-order valence-corrected chi connectivity index (χ2v) is 9.98. The van der Waals surface area contributed by atoms with Crippen molar-refractivity contribution >= 4 is 21.6 Å². The molecule has 0 aliphatic carbocycles. The van der Waals surface area contributed by atoms with Gasteiger partial charge in [-0.15, -0.1) is 0 Å². The van der Waals surface area contributed by atoms with Gasteiger partial charge in [-0.2, -0.15) is 0 Å². The van der Waals surface area contributed by atoms with Gasteiger partial charge in [0.1, 0.15) is 0 Å². The quantitative estimate of drug-likeness (QED) is 0.397. The van der Waals surface area contributed by atoms with Crippen LogP contribution in [-0.4, -0.2) is 21.4 Å². The summed E-state index contributed by atoms with van der Waals surface area (Å²) in [7, 11) is -2.19. The molecule has 0 heterocycles. The third kappa shape index (κ3) is 4.87. The standard InChI is InChI=1S/C28H26N2O3S/c1-21-11-9-10-16-26(21)27(22-12-5-3-6-13-22)29-28(31)23-17-19-24(20-18-23)30(2)34(32,33)25-14-7-4-8-15-25/h3-20,27H,1-2H3,(H,29,31)/t27-/m1/s1. The lowest BCUT2D eigenvalue weighted by molar-refractivity contribution is 0.0943. The summed E-state index contributed by atoms with van der Waals surface area (Å²) in [5, 5.41) is 3.14. The van der Waals surface area contributed by atoms with Crippen molar-refractivity contribution in [3.63, 3.8) is 0 Å². The minimum Gasteiger partial charge on any atom is -0.341 e. The third-order valence-corrected chi connectivity index (χ3v) is 7.60. The Kier molecular flexibility index (Phi) is 6.80. The zero-order valence-electron chi connectivity index (χ0n) is 19.0. The molecule has 5 nitrogen and oxygen atoms in total. The van der Waals surface area contributed by atoms with Crippen molar-refractivity contribution in [3.05, 3.63) is 131 Å². The van der Waals surface area contributed by atoms with Gasteiger partial charge < -0.3 is 5.32 Å². The molecular weight excluding hydrogens is 444 g/mol. The normalized spacial score (nSPS) is 12.1. The van der Waals surface area contributed by atoms with E-state index in [4.69, 9.17) is 0 Å². The van der Waals surface area contributed by atoms with Gasteiger partial charge in [0.15, 0.2) is 0 Å². The molecule has 0 aromatic heterocycles. The molecule has 0 fully saturated rings. The SMILES string of the molecule is Cc1ccccc1[C@H](NC(=O)c1ccc(N(C)S(=O)(=O)c2ccccc2)cc1)c1ccccc1. The van der Waals surface area contributed by atoms with Crippen LogP contribution in [0.1, 0.15) is 33.1 Å². The molecule has 4 aromatic carbocycles. The lowest BCUT2D eigenvalue weighted by Gasteiger charge is -2.22. The minimum atomic E-state index is -3.69. The number of carbonyl (C=O) groups excluding carboxylic acids is 1. The van der Waals surface area contributed by atoms with Crippen LogP contribution >= 0.6 is 0 Å². The molecule has 0 bridgehead atoms. The summed E-state index contributed by atoms with van der Waals surface area (Å²) in [5.74, 6) is -0.239. The molecule has 172 valence electrons. The van der Waals surface area contributed by atoms with Crippen LogP contribution in [0.25, 0.3) is 0 Å². The first kappa shape index (κ1) is 23.3. The Balaban J connectivity index is 1.58. The van der Waals surface area contributed by atoms with Crippen molar-refractivity contribution in [1.29, 1.82) is 0 Å². The number of nitrogens with zero attached hydrogens (tertiary/aromatic N) is 1. The number of hydrogen-bond donors (Lipinski definition) is 1. The van der Waals surface area contributed by atoms with Crippen LogP contribution < -0.4 is 9.62 Å². The van der Waals surface area contributed by atoms with Crippen molar-refractivity contribution in [2.45, 2.75) is 17.9 Å². The van der Waals surface area contributed by atoms with Crippen LogP contribution in [0.15, 0.2) is 114 Å². The van der Waals surface area contributed by atoms with Gasteiger partial charge in [0.2, 0.25) is 0 Å². The highest BCUT2D eigenvalue weighted by atomic mass is 32.2. The summed E-state index contributed by atoms with van der Waals surface area (Å²) in [4.78, 5) is 13.4. The molecule has 1 amide bonds. The van der Waals surface area contributed by atoms with E-state index in [1.165, 1.54) is 11.4 Å². The lowest BCUT2D eigenvalue weighted by Crippen LogP contribution is -2.30. The van der Waals surface area contributed by atoms with E-state index in [0.29, 0.717) is 11.3 Å². The van der Waals surface area contributed by atoms with Gasteiger partial charge in [0, 0.05) is 12.6 Å². The zero-order valence-corrected chi connectivity index (χ0v) is 19.9. The van der Waals surface area contributed by atoms with Gasteiger partial charge >= 0.3 is 0 Å². The van der Waals surface area contributed by atoms with Gasteiger partial charge in [-0.1, -0.05) is 72.8 Å². The third-order valence-electron chi connectivity index (χ3n) is 5.80. The highest BCUT2D eigenvalue weighted by Gasteiger charge is 2.22. The maximum atomic E-state index is 13.2. The van der Waals surface area contributed by atoms with Crippen LogP contribution in [0.5, 0.6) is 0 Å². The summed E-state index contributed by atoms with van der Waals surface area (Å²) in [6.07, 6.45) is 0. The summed E-state index contributed by atoms with van der Waals surface area (Å²) >= 11 is 0. The minimum absolute atomic E-state index is 0.211. The predicted octanol–water partition coefficient (Wildman–Crippen LogP) is 5.34. The maximum Gasteiger partial charge on any atom is 0.264 e. The first-order chi connectivity index (χ1) is 16.4. The van der Waals surface area contributed by atoms with E-state index in [1.54, 1.807) is 54.6 Å². The van der Waals surface area contributed by atoms with Crippen LogP contribution in [0.3, 0.4) is 0 Å². The van der Waals surface area contributed by atoms with Crippen molar-refractivity contribution in [3.8, 4) is 0 Å². The van der Waals surface area contributed by atoms with Crippen molar-refractivity contribution in [1.82, 2.24) is 5.32 Å². The smallest absolute Gasteiger partial charge is 0.264 e. The Morgan fingerprint density at radius 3 is 1.94 bits per heavy atom. The predicted molar refractivity (Wildman–Crippen MR) is 135 cm³/mol. The number of carbonyl (C=O) groups is 1. The summed E-state index contributed by atoms with van der Waals surface area (Å²) in [5.41, 5.74) is 4.00. The highest BCUT2D eigenvalue weighted by molar-refractivity contribution is 7.92. The van der Waals surface area contributed by atoms with Gasteiger partial charge in [0.25, 0.3) is 15.9 Å².